The summed E-state index contributed by atoms with van der Waals surface area (Å²) in [6, 6.07) is 0. The zero-order chi connectivity index (χ0) is 17.5. The van der Waals surface area contributed by atoms with Crippen molar-refractivity contribution in [2.24, 2.45) is 0 Å². The molecule has 0 saturated carbocycles. The van der Waals surface area contributed by atoms with Crippen molar-refractivity contribution in [3.05, 3.63) is 0 Å². The number of hydrogen-bond donors (Lipinski definition) is 4. The van der Waals surface area contributed by atoms with Crippen LogP contribution in [-0.2, 0) is 4.79 Å². The van der Waals surface area contributed by atoms with Crippen LogP contribution in [0.3, 0.4) is 0 Å². The van der Waals surface area contributed by atoms with E-state index in [0.29, 0.717) is 32.1 Å². The summed E-state index contributed by atoms with van der Waals surface area (Å²) in [6.45, 7) is 2.17. The molecule has 138 valence electrons. The van der Waals surface area contributed by atoms with Crippen molar-refractivity contribution in [3.63, 3.8) is 0 Å². The molecule has 0 bridgehead atoms. The number of carboxylic acid groups (broad SMARTS) is 1. The summed E-state index contributed by atoms with van der Waals surface area (Å²) in [5, 5.41) is 38.0. The van der Waals surface area contributed by atoms with Crippen LogP contribution in [0, 0.1) is 0 Å². The molecule has 0 amide bonds. The van der Waals surface area contributed by atoms with E-state index >= 15 is 0 Å². The minimum absolute atomic E-state index is 0.0791. The predicted molar refractivity (Wildman–Crippen MR) is 91.4 cm³/mol. The minimum atomic E-state index is -0.842. The number of rotatable bonds is 16. The third-order valence-corrected chi connectivity index (χ3v) is 4.23. The van der Waals surface area contributed by atoms with Gasteiger partial charge in [0.05, 0.1) is 18.3 Å². The Labute approximate surface area is 140 Å². The SMILES string of the molecule is CCCCCCC(O)CCCC(O)CCC(O)CCCC(=O)O. The van der Waals surface area contributed by atoms with Crippen LogP contribution in [0.1, 0.15) is 90.4 Å². The Morgan fingerprint density at radius 3 is 1.70 bits per heavy atom. The Balaban J connectivity index is 3.51. The zero-order valence-corrected chi connectivity index (χ0v) is 14.6. The van der Waals surface area contributed by atoms with Crippen molar-refractivity contribution in [3.8, 4) is 0 Å². The molecule has 0 aromatic heterocycles. The maximum atomic E-state index is 10.4. The first-order valence-corrected chi connectivity index (χ1v) is 9.21. The van der Waals surface area contributed by atoms with Gasteiger partial charge in [-0.15, -0.1) is 0 Å². The van der Waals surface area contributed by atoms with Crippen molar-refractivity contribution < 1.29 is 25.2 Å². The van der Waals surface area contributed by atoms with Crippen LogP contribution in [0.2, 0.25) is 0 Å². The fourth-order valence-electron chi connectivity index (χ4n) is 2.70. The Hall–Kier alpha value is -0.650. The monoisotopic (exact) mass is 332 g/mol. The molecule has 0 fully saturated rings. The van der Waals surface area contributed by atoms with Crippen LogP contribution in [0.4, 0.5) is 0 Å². The first kappa shape index (κ1) is 22.4. The van der Waals surface area contributed by atoms with Crippen LogP contribution in [-0.4, -0.2) is 44.7 Å². The summed E-state index contributed by atoms with van der Waals surface area (Å²) in [7, 11) is 0. The van der Waals surface area contributed by atoms with Gasteiger partial charge < -0.3 is 20.4 Å². The summed E-state index contributed by atoms with van der Waals surface area (Å²) in [6.07, 6.45) is 8.48. The van der Waals surface area contributed by atoms with Gasteiger partial charge in [-0.2, -0.15) is 0 Å². The molecule has 0 aliphatic rings. The van der Waals surface area contributed by atoms with E-state index in [-0.39, 0.29) is 12.5 Å². The smallest absolute Gasteiger partial charge is 0.303 e. The first-order valence-electron chi connectivity index (χ1n) is 9.21. The van der Waals surface area contributed by atoms with Crippen molar-refractivity contribution >= 4 is 5.97 Å². The average molecular weight is 332 g/mol. The quantitative estimate of drug-likeness (QED) is 0.325. The summed E-state index contributed by atoms with van der Waals surface area (Å²) >= 11 is 0. The summed E-state index contributed by atoms with van der Waals surface area (Å²) < 4.78 is 0. The van der Waals surface area contributed by atoms with Crippen LogP contribution in [0.15, 0.2) is 0 Å². The topological polar surface area (TPSA) is 98.0 Å². The molecular formula is C18H36O5. The molecule has 4 N–H and O–H groups in total. The molecule has 0 aromatic carbocycles. The molecular weight excluding hydrogens is 296 g/mol. The van der Waals surface area contributed by atoms with Gasteiger partial charge in [0.15, 0.2) is 0 Å². The molecule has 23 heavy (non-hydrogen) atoms. The Bertz CT molecular complexity index is 283. The molecule has 0 aliphatic carbocycles. The molecule has 0 saturated heterocycles. The maximum Gasteiger partial charge on any atom is 0.303 e. The van der Waals surface area contributed by atoms with Crippen LogP contribution in [0.25, 0.3) is 0 Å². The van der Waals surface area contributed by atoms with E-state index in [0.717, 1.165) is 25.7 Å². The number of aliphatic hydroxyl groups excluding tert-OH is 3. The van der Waals surface area contributed by atoms with E-state index in [4.69, 9.17) is 5.11 Å². The summed E-state index contributed by atoms with van der Waals surface area (Å²) in [5.41, 5.74) is 0. The highest BCUT2D eigenvalue weighted by molar-refractivity contribution is 5.66. The lowest BCUT2D eigenvalue weighted by Crippen LogP contribution is -2.14. The van der Waals surface area contributed by atoms with E-state index < -0.39 is 18.2 Å². The number of unbranched alkanes of at least 4 members (excludes halogenated alkanes) is 3. The standard InChI is InChI=1S/C18H36O5/c1-2-3-4-5-8-15(19)9-6-10-16(20)13-14-17(21)11-7-12-18(22)23/h15-17,19-21H,2-14H2,1H3,(H,22,23). The normalized spacial score (nSPS) is 15.3. The average Bonchev–Trinajstić information content (AvgIpc) is 2.49. The highest BCUT2D eigenvalue weighted by atomic mass is 16.4. The van der Waals surface area contributed by atoms with Gasteiger partial charge in [-0.25, -0.2) is 0 Å². The number of aliphatic hydroxyl groups is 3. The second-order valence-electron chi connectivity index (χ2n) is 6.61. The number of carbonyl (C=O) groups is 1. The number of hydrogen-bond acceptors (Lipinski definition) is 4. The number of carboxylic acids is 1. The molecule has 5 nitrogen and oxygen atoms in total. The molecule has 0 heterocycles. The van der Waals surface area contributed by atoms with Gasteiger partial charge in [0.1, 0.15) is 0 Å². The van der Waals surface area contributed by atoms with Crippen LogP contribution in [0.5, 0.6) is 0 Å². The number of aliphatic carboxylic acids is 1. The lowest BCUT2D eigenvalue weighted by molar-refractivity contribution is -0.137. The van der Waals surface area contributed by atoms with Crippen LogP contribution < -0.4 is 0 Å². The first-order chi connectivity index (χ1) is 11.0. The van der Waals surface area contributed by atoms with Crippen molar-refractivity contribution in [1.29, 1.82) is 0 Å². The Kier molecular flexibility index (Phi) is 14.5. The molecule has 3 atom stereocenters. The molecule has 0 rings (SSSR count). The molecule has 0 radical (unpaired) electrons. The molecule has 5 heteroatoms. The van der Waals surface area contributed by atoms with E-state index in [9.17, 15) is 20.1 Å². The van der Waals surface area contributed by atoms with Gasteiger partial charge in [0.2, 0.25) is 0 Å². The van der Waals surface area contributed by atoms with Gasteiger partial charge >= 0.3 is 5.97 Å². The van der Waals surface area contributed by atoms with Gasteiger partial charge in [-0.3, -0.25) is 4.79 Å². The summed E-state index contributed by atoms with van der Waals surface area (Å²) in [5.74, 6) is -0.842. The summed E-state index contributed by atoms with van der Waals surface area (Å²) in [4.78, 5) is 10.4. The second kappa shape index (κ2) is 14.9. The zero-order valence-electron chi connectivity index (χ0n) is 14.6. The predicted octanol–water partition coefficient (Wildman–Crippen LogP) is 3.24. The maximum absolute atomic E-state index is 10.4. The Morgan fingerprint density at radius 2 is 1.17 bits per heavy atom. The third kappa shape index (κ3) is 16.0. The fraction of sp³-hybridized carbons (Fsp3) is 0.944. The minimum Gasteiger partial charge on any atom is -0.481 e. The van der Waals surface area contributed by atoms with Gasteiger partial charge in [0.25, 0.3) is 0 Å². The van der Waals surface area contributed by atoms with Gasteiger partial charge in [-0.1, -0.05) is 32.6 Å². The molecule has 0 spiro atoms. The Morgan fingerprint density at radius 1 is 0.696 bits per heavy atom. The van der Waals surface area contributed by atoms with Gasteiger partial charge in [-0.05, 0) is 51.4 Å². The van der Waals surface area contributed by atoms with E-state index in [1.165, 1.54) is 19.3 Å². The molecule has 0 aromatic rings. The van der Waals surface area contributed by atoms with Crippen molar-refractivity contribution in [2.45, 2.75) is 109 Å². The fourth-order valence-corrected chi connectivity index (χ4v) is 2.70. The largest absolute Gasteiger partial charge is 0.481 e. The van der Waals surface area contributed by atoms with Crippen LogP contribution >= 0.6 is 0 Å². The highest BCUT2D eigenvalue weighted by Crippen LogP contribution is 2.15. The lowest BCUT2D eigenvalue weighted by Gasteiger charge is -2.15. The second-order valence-corrected chi connectivity index (χ2v) is 6.61. The van der Waals surface area contributed by atoms with E-state index in [2.05, 4.69) is 6.92 Å². The van der Waals surface area contributed by atoms with E-state index in [1.807, 2.05) is 0 Å². The lowest BCUT2D eigenvalue weighted by atomic mass is 9.99. The third-order valence-electron chi connectivity index (χ3n) is 4.23. The van der Waals surface area contributed by atoms with Crippen molar-refractivity contribution in [2.75, 3.05) is 0 Å². The molecule has 0 aliphatic heterocycles. The molecule has 3 unspecified atom stereocenters. The van der Waals surface area contributed by atoms with E-state index in [1.54, 1.807) is 0 Å². The van der Waals surface area contributed by atoms with Gasteiger partial charge in [0, 0.05) is 6.42 Å². The highest BCUT2D eigenvalue weighted by Gasteiger charge is 2.11. The van der Waals surface area contributed by atoms with Crippen molar-refractivity contribution in [1.82, 2.24) is 0 Å².